The molecule has 0 aromatic carbocycles. The van der Waals surface area contributed by atoms with E-state index in [1.54, 1.807) is 21.0 Å². The number of carbonyl (C=O) groups is 1. The Hall–Kier alpha value is -0.930. The molecule has 0 saturated carbocycles. The lowest BCUT2D eigenvalue weighted by molar-refractivity contribution is -0.314. The van der Waals surface area contributed by atoms with Crippen LogP contribution in [-0.4, -0.2) is 130 Å². The number of aliphatic hydroxyl groups is 4. The van der Waals surface area contributed by atoms with Crippen LogP contribution < -0.4 is 0 Å². The molecule has 3 aliphatic heterocycles. The molecule has 3 saturated heterocycles. The molecule has 12 nitrogen and oxygen atoms in total. The molecule has 52 heavy (non-hydrogen) atoms. The standard InChI is InChI=1S/C40H75NO11/c1-15-17-41(13)29-19-24(5)48-37(32(29)42)52-35-25(6)33(51-31-21-39(11,47-14)27(8)28(9)49-31)26(7)36(44)50-30(16-2)40(12,46)34(43)23(4)18-22(3)20-38(35,10)45/h22-35,37,42-43,45-46H,15-21H2,1-14H3/t22-,23-,24+,25-,26+,27-,28-,29-,30+,31-,32+,33-,34+,35+,37-,38-,39+,40+/m0/s1. The summed E-state index contributed by atoms with van der Waals surface area (Å²) in [5, 5.41) is 47.4. The van der Waals surface area contributed by atoms with Crippen molar-refractivity contribution in [2.75, 3.05) is 20.7 Å². The highest BCUT2D eigenvalue weighted by Gasteiger charge is 2.52. The zero-order valence-corrected chi connectivity index (χ0v) is 34.7. The lowest BCUT2D eigenvalue weighted by atomic mass is 9.74. The van der Waals surface area contributed by atoms with Gasteiger partial charge in [-0.1, -0.05) is 41.5 Å². The number of rotatable bonds is 9. The lowest BCUT2D eigenvalue weighted by Crippen LogP contribution is -2.60. The average Bonchev–Trinajstić information content (AvgIpc) is 3.06. The van der Waals surface area contributed by atoms with E-state index in [4.69, 9.17) is 28.4 Å². The van der Waals surface area contributed by atoms with Gasteiger partial charge in [0.25, 0.3) is 0 Å². The van der Waals surface area contributed by atoms with Crippen LogP contribution in [0.15, 0.2) is 0 Å². The fraction of sp³-hybridized carbons (Fsp3) is 0.975. The van der Waals surface area contributed by atoms with Crippen LogP contribution in [0, 0.1) is 29.6 Å². The van der Waals surface area contributed by atoms with Gasteiger partial charge in [-0.05, 0) is 99.1 Å². The van der Waals surface area contributed by atoms with E-state index < -0.39 is 77.7 Å². The second kappa shape index (κ2) is 18.3. The molecular weight excluding hydrogens is 670 g/mol. The first kappa shape index (κ1) is 45.5. The van der Waals surface area contributed by atoms with Crippen molar-refractivity contribution in [3.8, 4) is 0 Å². The van der Waals surface area contributed by atoms with E-state index in [2.05, 4.69) is 18.7 Å². The number of nitrogens with zero attached hydrogens (tertiary/aromatic N) is 1. The smallest absolute Gasteiger partial charge is 0.311 e. The summed E-state index contributed by atoms with van der Waals surface area (Å²) >= 11 is 0. The van der Waals surface area contributed by atoms with E-state index in [-0.39, 0.29) is 48.8 Å². The molecule has 0 unspecified atom stereocenters. The largest absolute Gasteiger partial charge is 0.459 e. The molecule has 0 aromatic rings. The maximum Gasteiger partial charge on any atom is 0.311 e. The number of hydrogen-bond acceptors (Lipinski definition) is 12. The van der Waals surface area contributed by atoms with Crippen LogP contribution in [0.3, 0.4) is 0 Å². The molecule has 0 aromatic heterocycles. The molecule has 0 aliphatic carbocycles. The summed E-state index contributed by atoms with van der Waals surface area (Å²) in [6.45, 7) is 23.4. The number of aliphatic hydroxyl groups excluding tert-OH is 2. The van der Waals surface area contributed by atoms with E-state index in [9.17, 15) is 25.2 Å². The Morgan fingerprint density at radius 3 is 2.13 bits per heavy atom. The maximum absolute atomic E-state index is 14.2. The van der Waals surface area contributed by atoms with Crippen molar-refractivity contribution in [3.63, 3.8) is 0 Å². The molecule has 0 amide bonds. The van der Waals surface area contributed by atoms with E-state index in [1.165, 1.54) is 6.92 Å². The van der Waals surface area contributed by atoms with E-state index in [0.29, 0.717) is 19.3 Å². The quantitative estimate of drug-likeness (QED) is 0.243. The Balaban J connectivity index is 2.15. The number of carbonyl (C=O) groups excluding carboxylic acids is 1. The van der Waals surface area contributed by atoms with Crippen LogP contribution >= 0.6 is 0 Å². The van der Waals surface area contributed by atoms with Crippen molar-refractivity contribution in [1.82, 2.24) is 4.90 Å². The van der Waals surface area contributed by atoms with Crippen molar-refractivity contribution >= 4 is 5.97 Å². The minimum Gasteiger partial charge on any atom is -0.459 e. The summed E-state index contributed by atoms with van der Waals surface area (Å²) in [4.78, 5) is 16.3. The zero-order chi connectivity index (χ0) is 39.5. The van der Waals surface area contributed by atoms with E-state index in [1.807, 2.05) is 55.5 Å². The van der Waals surface area contributed by atoms with Crippen molar-refractivity contribution in [2.45, 2.75) is 200 Å². The minimum absolute atomic E-state index is 0.0616. The van der Waals surface area contributed by atoms with Gasteiger partial charge in [-0.2, -0.15) is 0 Å². The van der Waals surface area contributed by atoms with Gasteiger partial charge in [0, 0.05) is 31.4 Å². The molecule has 0 radical (unpaired) electrons. The second-order valence-electron chi connectivity index (χ2n) is 17.6. The Bertz CT molecular complexity index is 1120. The monoisotopic (exact) mass is 746 g/mol. The zero-order valence-electron chi connectivity index (χ0n) is 34.7. The number of likely N-dealkylation sites (N-methyl/N-ethyl adjacent to an activating group) is 1. The molecule has 0 bridgehead atoms. The molecule has 4 N–H and O–H groups in total. The van der Waals surface area contributed by atoms with Crippen LogP contribution in [0.5, 0.6) is 0 Å². The Morgan fingerprint density at radius 1 is 0.923 bits per heavy atom. The summed E-state index contributed by atoms with van der Waals surface area (Å²) in [6.07, 6.45) is -4.42. The Morgan fingerprint density at radius 2 is 1.56 bits per heavy atom. The molecule has 3 aliphatic rings. The van der Waals surface area contributed by atoms with Gasteiger partial charge >= 0.3 is 5.97 Å². The molecule has 3 rings (SSSR count). The molecule has 3 heterocycles. The highest BCUT2D eigenvalue weighted by Crippen LogP contribution is 2.42. The van der Waals surface area contributed by atoms with Crippen LogP contribution in [0.2, 0.25) is 0 Å². The highest BCUT2D eigenvalue weighted by atomic mass is 16.7. The third-order valence-corrected chi connectivity index (χ3v) is 12.8. The SMILES string of the molecule is CCCN(C)[C@H]1C[C@@H](C)O[C@@H](O[C@@H]2[C@@H](C)[C@H](O[C@H]3C[C@@](C)(OC)[C@@H](C)[C@H](C)O3)[C@@H](C)C(=O)O[C@H](CC)[C@@](C)(O)[C@H](O)[C@@H](C)C[C@H](C)C[C@]2(C)O)[C@@H]1O. The number of esters is 1. The van der Waals surface area contributed by atoms with Gasteiger partial charge in [0.15, 0.2) is 12.6 Å². The predicted molar refractivity (Wildman–Crippen MR) is 198 cm³/mol. The van der Waals surface area contributed by atoms with Gasteiger partial charge in [-0.3, -0.25) is 4.79 Å². The summed E-state index contributed by atoms with van der Waals surface area (Å²) in [5.74, 6) is -2.66. The van der Waals surface area contributed by atoms with Gasteiger partial charge < -0.3 is 53.7 Å². The summed E-state index contributed by atoms with van der Waals surface area (Å²) in [6, 6.07) is -0.223. The first-order valence-corrected chi connectivity index (χ1v) is 19.9. The van der Waals surface area contributed by atoms with E-state index >= 15 is 0 Å². The number of methoxy groups -OCH3 is 1. The number of ether oxygens (including phenoxy) is 6. The molecule has 3 fully saturated rings. The lowest BCUT2D eigenvalue weighted by Gasteiger charge is -2.49. The first-order chi connectivity index (χ1) is 24.0. The van der Waals surface area contributed by atoms with Crippen LogP contribution in [-0.2, 0) is 33.2 Å². The first-order valence-electron chi connectivity index (χ1n) is 19.9. The summed E-state index contributed by atoms with van der Waals surface area (Å²) < 4.78 is 38.3. The summed E-state index contributed by atoms with van der Waals surface area (Å²) in [7, 11) is 3.66. The molecule has 0 spiro atoms. The molecular formula is C40H75NO11. The van der Waals surface area contributed by atoms with Gasteiger partial charge in [-0.25, -0.2) is 0 Å². The summed E-state index contributed by atoms with van der Waals surface area (Å²) in [5.41, 5.74) is -3.81. The van der Waals surface area contributed by atoms with Crippen molar-refractivity contribution in [2.24, 2.45) is 29.6 Å². The van der Waals surface area contributed by atoms with Crippen molar-refractivity contribution in [1.29, 1.82) is 0 Å². The molecule has 18 atom stereocenters. The molecule has 306 valence electrons. The van der Waals surface area contributed by atoms with Crippen LogP contribution in [0.4, 0.5) is 0 Å². The van der Waals surface area contributed by atoms with Crippen LogP contribution in [0.25, 0.3) is 0 Å². The normalized spacial score (nSPS) is 49.0. The third-order valence-electron chi connectivity index (χ3n) is 12.8. The predicted octanol–water partition coefficient (Wildman–Crippen LogP) is 4.66. The maximum atomic E-state index is 14.2. The Kier molecular flexibility index (Phi) is 16.0. The fourth-order valence-electron chi connectivity index (χ4n) is 9.32. The number of hydrogen-bond donors (Lipinski definition) is 4. The fourth-order valence-corrected chi connectivity index (χ4v) is 9.32. The molecule has 12 heteroatoms. The van der Waals surface area contributed by atoms with Crippen molar-refractivity contribution < 1.29 is 53.6 Å². The van der Waals surface area contributed by atoms with Gasteiger partial charge in [0.1, 0.15) is 17.8 Å². The second-order valence-corrected chi connectivity index (χ2v) is 17.6. The van der Waals surface area contributed by atoms with Gasteiger partial charge in [0.05, 0.1) is 47.6 Å². The minimum atomic E-state index is -1.73. The van der Waals surface area contributed by atoms with Crippen LogP contribution in [0.1, 0.15) is 122 Å². The van der Waals surface area contributed by atoms with Gasteiger partial charge in [-0.15, -0.1) is 0 Å². The number of cyclic esters (lactones) is 1. The van der Waals surface area contributed by atoms with Gasteiger partial charge in [0.2, 0.25) is 0 Å². The van der Waals surface area contributed by atoms with E-state index in [0.717, 1.165) is 13.0 Å². The third kappa shape index (κ3) is 10.3. The average molecular weight is 746 g/mol. The topological polar surface area (TPSA) is 157 Å². The Labute approximate surface area is 314 Å². The van der Waals surface area contributed by atoms with Crippen molar-refractivity contribution in [3.05, 3.63) is 0 Å². The highest BCUT2D eigenvalue weighted by molar-refractivity contribution is 5.73.